The van der Waals surface area contributed by atoms with Gasteiger partial charge in [-0.1, -0.05) is 18.2 Å². The average Bonchev–Trinajstić information content (AvgIpc) is 2.48. The molecule has 3 nitrogen and oxygen atoms in total. The van der Waals surface area contributed by atoms with E-state index in [2.05, 4.69) is 37.4 Å². The lowest BCUT2D eigenvalue weighted by Gasteiger charge is -2.13. The summed E-state index contributed by atoms with van der Waals surface area (Å²) in [5.74, 6) is 1.51. The number of nitrogens with one attached hydrogen (secondary N) is 1. The van der Waals surface area contributed by atoms with Gasteiger partial charge in [0, 0.05) is 12.2 Å². The van der Waals surface area contributed by atoms with Crippen LogP contribution in [0.4, 0.5) is 5.69 Å². The van der Waals surface area contributed by atoms with Crippen LogP contribution in [0.1, 0.15) is 16.7 Å². The Balaban J connectivity index is 2.13. The maximum absolute atomic E-state index is 5.32. The minimum Gasteiger partial charge on any atom is -0.493 e. The van der Waals surface area contributed by atoms with Gasteiger partial charge in [0.1, 0.15) is 0 Å². The van der Waals surface area contributed by atoms with Crippen molar-refractivity contribution < 1.29 is 9.47 Å². The van der Waals surface area contributed by atoms with E-state index in [9.17, 15) is 0 Å². The van der Waals surface area contributed by atoms with Gasteiger partial charge in [-0.15, -0.1) is 0 Å². The second-order valence-electron chi connectivity index (χ2n) is 4.79. The summed E-state index contributed by atoms with van der Waals surface area (Å²) in [4.78, 5) is 0. The summed E-state index contributed by atoms with van der Waals surface area (Å²) in [5, 5.41) is 3.46. The average molecular weight is 271 g/mol. The van der Waals surface area contributed by atoms with Crippen LogP contribution in [-0.2, 0) is 6.54 Å². The molecule has 0 atom stereocenters. The van der Waals surface area contributed by atoms with Crippen LogP contribution in [0.2, 0.25) is 0 Å². The number of hydrogen-bond acceptors (Lipinski definition) is 3. The molecule has 0 spiro atoms. The molecule has 0 aliphatic carbocycles. The van der Waals surface area contributed by atoms with Crippen LogP contribution in [0, 0.1) is 13.8 Å². The quantitative estimate of drug-likeness (QED) is 0.893. The third-order valence-electron chi connectivity index (χ3n) is 3.54. The molecule has 0 fully saturated rings. The molecule has 0 aromatic heterocycles. The summed E-state index contributed by atoms with van der Waals surface area (Å²) in [6.07, 6.45) is 0. The van der Waals surface area contributed by atoms with Crippen LogP contribution in [0.25, 0.3) is 0 Å². The first-order chi connectivity index (χ1) is 9.65. The smallest absolute Gasteiger partial charge is 0.161 e. The van der Waals surface area contributed by atoms with E-state index in [0.29, 0.717) is 0 Å². The zero-order valence-corrected chi connectivity index (χ0v) is 12.5. The predicted molar refractivity (Wildman–Crippen MR) is 82.8 cm³/mol. The van der Waals surface area contributed by atoms with E-state index in [1.807, 2.05) is 18.2 Å². The maximum Gasteiger partial charge on any atom is 0.161 e. The van der Waals surface area contributed by atoms with Gasteiger partial charge in [0.25, 0.3) is 0 Å². The van der Waals surface area contributed by atoms with Crippen molar-refractivity contribution in [2.45, 2.75) is 20.4 Å². The Labute approximate surface area is 120 Å². The molecule has 0 amide bonds. The van der Waals surface area contributed by atoms with Gasteiger partial charge in [0.05, 0.1) is 14.2 Å². The molecule has 0 radical (unpaired) electrons. The Kier molecular flexibility index (Phi) is 4.51. The van der Waals surface area contributed by atoms with E-state index in [4.69, 9.17) is 9.47 Å². The zero-order chi connectivity index (χ0) is 14.5. The van der Waals surface area contributed by atoms with Crippen LogP contribution in [0.5, 0.6) is 11.5 Å². The standard InChI is InChI=1S/C17H21NO2/c1-12-6-5-7-15(13(12)2)18-11-14-8-9-16(19-3)17(10-14)20-4/h5-10,18H,11H2,1-4H3. The summed E-state index contributed by atoms with van der Waals surface area (Å²) in [6, 6.07) is 12.3. The first-order valence-electron chi connectivity index (χ1n) is 6.66. The van der Waals surface area contributed by atoms with E-state index >= 15 is 0 Å². The van der Waals surface area contributed by atoms with Crippen molar-refractivity contribution >= 4 is 5.69 Å². The fourth-order valence-corrected chi connectivity index (χ4v) is 2.13. The molecule has 2 rings (SSSR count). The molecule has 0 saturated carbocycles. The molecule has 2 aromatic carbocycles. The normalized spacial score (nSPS) is 10.2. The molecule has 20 heavy (non-hydrogen) atoms. The van der Waals surface area contributed by atoms with Crippen LogP contribution in [-0.4, -0.2) is 14.2 Å². The van der Waals surface area contributed by atoms with Crippen LogP contribution in [0.3, 0.4) is 0 Å². The van der Waals surface area contributed by atoms with Crippen LogP contribution >= 0.6 is 0 Å². The van der Waals surface area contributed by atoms with Crippen molar-refractivity contribution in [1.29, 1.82) is 0 Å². The molecular weight excluding hydrogens is 250 g/mol. The highest BCUT2D eigenvalue weighted by Crippen LogP contribution is 2.28. The molecule has 3 heteroatoms. The maximum atomic E-state index is 5.32. The van der Waals surface area contributed by atoms with Gasteiger partial charge in [-0.25, -0.2) is 0 Å². The predicted octanol–water partition coefficient (Wildman–Crippen LogP) is 3.93. The molecule has 0 heterocycles. The highest BCUT2D eigenvalue weighted by molar-refractivity contribution is 5.54. The van der Waals surface area contributed by atoms with Gasteiger partial charge in [-0.2, -0.15) is 0 Å². The first-order valence-corrected chi connectivity index (χ1v) is 6.66. The second-order valence-corrected chi connectivity index (χ2v) is 4.79. The van der Waals surface area contributed by atoms with Gasteiger partial charge < -0.3 is 14.8 Å². The fraction of sp³-hybridized carbons (Fsp3) is 0.294. The van der Waals surface area contributed by atoms with Crippen molar-refractivity contribution in [1.82, 2.24) is 0 Å². The Morgan fingerprint density at radius 1 is 0.950 bits per heavy atom. The van der Waals surface area contributed by atoms with Gasteiger partial charge in [0.15, 0.2) is 11.5 Å². The van der Waals surface area contributed by atoms with Crippen molar-refractivity contribution in [2.75, 3.05) is 19.5 Å². The summed E-state index contributed by atoms with van der Waals surface area (Å²) in [6.45, 7) is 5.01. The van der Waals surface area contributed by atoms with Crippen molar-refractivity contribution in [3.8, 4) is 11.5 Å². The number of aryl methyl sites for hydroxylation is 1. The Morgan fingerprint density at radius 2 is 1.70 bits per heavy atom. The molecular formula is C17H21NO2. The lowest BCUT2D eigenvalue weighted by molar-refractivity contribution is 0.354. The van der Waals surface area contributed by atoms with E-state index in [-0.39, 0.29) is 0 Å². The molecule has 0 aliphatic heterocycles. The summed E-state index contributed by atoms with van der Waals surface area (Å²) in [5.41, 5.74) is 4.90. The van der Waals surface area contributed by atoms with Crippen molar-refractivity contribution in [3.05, 3.63) is 53.1 Å². The number of hydrogen-bond donors (Lipinski definition) is 1. The zero-order valence-electron chi connectivity index (χ0n) is 12.5. The number of anilines is 1. The molecule has 0 bridgehead atoms. The molecule has 0 unspecified atom stereocenters. The molecule has 1 N–H and O–H groups in total. The highest BCUT2D eigenvalue weighted by atomic mass is 16.5. The van der Waals surface area contributed by atoms with Crippen LogP contribution < -0.4 is 14.8 Å². The summed E-state index contributed by atoms with van der Waals surface area (Å²) < 4.78 is 10.6. The van der Waals surface area contributed by atoms with Gasteiger partial charge in [-0.3, -0.25) is 0 Å². The van der Waals surface area contributed by atoms with Gasteiger partial charge in [-0.05, 0) is 48.7 Å². The Morgan fingerprint density at radius 3 is 2.40 bits per heavy atom. The molecule has 106 valence electrons. The molecule has 0 aliphatic rings. The lowest BCUT2D eigenvalue weighted by atomic mass is 10.1. The number of benzene rings is 2. The fourth-order valence-electron chi connectivity index (χ4n) is 2.13. The number of rotatable bonds is 5. The lowest BCUT2D eigenvalue weighted by Crippen LogP contribution is -2.02. The van der Waals surface area contributed by atoms with E-state index in [0.717, 1.165) is 23.6 Å². The largest absolute Gasteiger partial charge is 0.493 e. The van der Waals surface area contributed by atoms with E-state index < -0.39 is 0 Å². The SMILES string of the molecule is COc1ccc(CNc2cccc(C)c2C)cc1OC. The van der Waals surface area contributed by atoms with Crippen molar-refractivity contribution in [3.63, 3.8) is 0 Å². The minimum atomic E-state index is 0.753. The second kappa shape index (κ2) is 6.33. The first kappa shape index (κ1) is 14.3. The van der Waals surface area contributed by atoms with E-state index in [1.54, 1.807) is 14.2 Å². The van der Waals surface area contributed by atoms with Crippen molar-refractivity contribution in [2.24, 2.45) is 0 Å². The molecule has 2 aromatic rings. The monoisotopic (exact) mass is 271 g/mol. The minimum absolute atomic E-state index is 0.753. The Bertz CT molecular complexity index is 594. The van der Waals surface area contributed by atoms with Gasteiger partial charge in [0.2, 0.25) is 0 Å². The summed E-state index contributed by atoms with van der Waals surface area (Å²) in [7, 11) is 3.30. The Hall–Kier alpha value is -2.16. The van der Waals surface area contributed by atoms with Gasteiger partial charge >= 0.3 is 0 Å². The highest BCUT2D eigenvalue weighted by Gasteiger charge is 2.05. The third-order valence-corrected chi connectivity index (χ3v) is 3.54. The topological polar surface area (TPSA) is 30.5 Å². The van der Waals surface area contributed by atoms with Crippen LogP contribution in [0.15, 0.2) is 36.4 Å². The molecule has 0 saturated heterocycles. The van der Waals surface area contributed by atoms with E-state index in [1.165, 1.54) is 16.8 Å². The summed E-state index contributed by atoms with van der Waals surface area (Å²) >= 11 is 0. The number of ether oxygens (including phenoxy) is 2. The third kappa shape index (κ3) is 3.05. The number of methoxy groups -OCH3 is 2.